The SMILES string of the molecule is CCC1CCCN(S(=O)(=O)N2CCC(CO)CC2)CC1. The van der Waals surface area contributed by atoms with Gasteiger partial charge in [-0.1, -0.05) is 13.3 Å². The Bertz CT molecular complexity index is 391. The van der Waals surface area contributed by atoms with E-state index in [0.29, 0.717) is 32.1 Å². The van der Waals surface area contributed by atoms with E-state index in [1.807, 2.05) is 0 Å². The van der Waals surface area contributed by atoms with Crippen LogP contribution >= 0.6 is 0 Å². The molecule has 0 radical (unpaired) electrons. The molecule has 2 aliphatic heterocycles. The van der Waals surface area contributed by atoms with Crippen molar-refractivity contribution in [2.24, 2.45) is 11.8 Å². The molecule has 1 unspecified atom stereocenters. The summed E-state index contributed by atoms with van der Waals surface area (Å²) in [7, 11) is -3.29. The van der Waals surface area contributed by atoms with E-state index in [1.165, 1.54) is 0 Å². The van der Waals surface area contributed by atoms with Gasteiger partial charge in [-0.05, 0) is 43.9 Å². The molecule has 0 spiro atoms. The van der Waals surface area contributed by atoms with Crippen molar-refractivity contribution in [3.63, 3.8) is 0 Å². The number of aliphatic hydroxyl groups excluding tert-OH is 1. The third kappa shape index (κ3) is 3.72. The molecule has 1 atom stereocenters. The Kier molecular flexibility index (Phi) is 5.84. The average molecular weight is 304 g/mol. The van der Waals surface area contributed by atoms with E-state index in [9.17, 15) is 8.42 Å². The van der Waals surface area contributed by atoms with E-state index in [-0.39, 0.29) is 12.5 Å². The molecular weight excluding hydrogens is 276 g/mol. The van der Waals surface area contributed by atoms with Gasteiger partial charge < -0.3 is 5.11 Å². The van der Waals surface area contributed by atoms with Crippen molar-refractivity contribution < 1.29 is 13.5 Å². The van der Waals surface area contributed by atoms with E-state index in [2.05, 4.69) is 6.92 Å². The molecule has 0 bridgehead atoms. The van der Waals surface area contributed by atoms with Gasteiger partial charge in [0.1, 0.15) is 0 Å². The molecule has 0 amide bonds. The Morgan fingerprint density at radius 2 is 1.50 bits per heavy atom. The largest absolute Gasteiger partial charge is 0.396 e. The van der Waals surface area contributed by atoms with Crippen LogP contribution in [0.25, 0.3) is 0 Å². The summed E-state index contributed by atoms with van der Waals surface area (Å²) in [4.78, 5) is 0. The molecule has 1 N–H and O–H groups in total. The number of rotatable bonds is 4. The lowest BCUT2D eigenvalue weighted by Gasteiger charge is -2.34. The lowest BCUT2D eigenvalue weighted by Crippen LogP contribution is -2.47. The van der Waals surface area contributed by atoms with E-state index in [4.69, 9.17) is 5.11 Å². The number of piperidine rings is 1. The smallest absolute Gasteiger partial charge is 0.281 e. The standard InChI is InChI=1S/C14H28N2O3S/c1-2-13-4-3-8-15(9-5-13)20(18,19)16-10-6-14(12-17)7-11-16/h13-14,17H,2-12H2,1H3. The summed E-state index contributed by atoms with van der Waals surface area (Å²) in [5, 5.41) is 9.14. The fourth-order valence-corrected chi connectivity index (χ4v) is 4.96. The number of nitrogens with zero attached hydrogens (tertiary/aromatic N) is 2. The van der Waals surface area contributed by atoms with Gasteiger partial charge in [-0.3, -0.25) is 0 Å². The molecule has 0 aromatic carbocycles. The summed E-state index contributed by atoms with van der Waals surface area (Å²) in [6.07, 6.45) is 5.82. The molecule has 0 saturated carbocycles. The van der Waals surface area contributed by atoms with Gasteiger partial charge in [0.2, 0.25) is 0 Å². The fraction of sp³-hybridized carbons (Fsp3) is 1.00. The third-order valence-corrected chi connectivity index (χ3v) is 6.90. The van der Waals surface area contributed by atoms with Crippen LogP contribution in [0.1, 0.15) is 45.4 Å². The van der Waals surface area contributed by atoms with Crippen molar-refractivity contribution in [2.45, 2.75) is 45.4 Å². The maximum Gasteiger partial charge on any atom is 0.281 e. The molecule has 2 heterocycles. The van der Waals surface area contributed by atoms with E-state index >= 15 is 0 Å². The Hall–Kier alpha value is -0.170. The molecule has 0 aromatic heterocycles. The van der Waals surface area contributed by atoms with Gasteiger partial charge in [-0.25, -0.2) is 0 Å². The van der Waals surface area contributed by atoms with Gasteiger partial charge in [-0.15, -0.1) is 0 Å². The minimum absolute atomic E-state index is 0.176. The molecule has 0 aliphatic carbocycles. The molecular formula is C14H28N2O3S. The van der Waals surface area contributed by atoms with Gasteiger partial charge in [0.25, 0.3) is 10.2 Å². The quantitative estimate of drug-likeness (QED) is 0.855. The van der Waals surface area contributed by atoms with E-state index < -0.39 is 10.2 Å². The lowest BCUT2D eigenvalue weighted by atomic mass is 9.98. The molecule has 6 heteroatoms. The summed E-state index contributed by atoms with van der Waals surface area (Å²) >= 11 is 0. The van der Waals surface area contributed by atoms with Crippen LogP contribution in [0, 0.1) is 11.8 Å². The molecule has 118 valence electrons. The van der Waals surface area contributed by atoms with Gasteiger partial charge in [0.15, 0.2) is 0 Å². The van der Waals surface area contributed by atoms with E-state index in [1.54, 1.807) is 8.61 Å². The van der Waals surface area contributed by atoms with Crippen LogP contribution < -0.4 is 0 Å². The van der Waals surface area contributed by atoms with Crippen molar-refractivity contribution in [2.75, 3.05) is 32.8 Å². The number of hydrogen-bond acceptors (Lipinski definition) is 3. The van der Waals surface area contributed by atoms with Gasteiger partial charge in [0.05, 0.1) is 0 Å². The predicted molar refractivity (Wildman–Crippen MR) is 79.5 cm³/mol. The summed E-state index contributed by atoms with van der Waals surface area (Å²) < 4.78 is 28.6. The fourth-order valence-electron chi connectivity index (χ4n) is 3.26. The lowest BCUT2D eigenvalue weighted by molar-refractivity contribution is 0.166. The Labute approximate surface area is 123 Å². The first-order valence-electron chi connectivity index (χ1n) is 7.94. The molecule has 5 nitrogen and oxygen atoms in total. The number of aliphatic hydroxyl groups is 1. The van der Waals surface area contributed by atoms with Crippen molar-refractivity contribution in [3.8, 4) is 0 Å². The summed E-state index contributed by atoms with van der Waals surface area (Å²) in [6, 6.07) is 0. The van der Waals surface area contributed by atoms with Gasteiger partial charge >= 0.3 is 0 Å². The second-order valence-corrected chi connectivity index (χ2v) is 8.07. The minimum Gasteiger partial charge on any atom is -0.396 e. The minimum atomic E-state index is -3.29. The van der Waals surface area contributed by atoms with Crippen molar-refractivity contribution in [3.05, 3.63) is 0 Å². The van der Waals surface area contributed by atoms with Crippen LogP contribution in [0.3, 0.4) is 0 Å². The van der Waals surface area contributed by atoms with Gasteiger partial charge in [0, 0.05) is 32.8 Å². The highest BCUT2D eigenvalue weighted by atomic mass is 32.2. The highest BCUT2D eigenvalue weighted by molar-refractivity contribution is 7.86. The molecule has 2 saturated heterocycles. The maximum absolute atomic E-state index is 12.7. The molecule has 2 aliphatic rings. The zero-order valence-corrected chi connectivity index (χ0v) is 13.3. The van der Waals surface area contributed by atoms with Crippen LogP contribution in [0.5, 0.6) is 0 Å². The third-order valence-electron chi connectivity index (χ3n) is 4.87. The van der Waals surface area contributed by atoms with Crippen LogP contribution in [0.4, 0.5) is 0 Å². The Morgan fingerprint density at radius 1 is 0.950 bits per heavy atom. The first-order chi connectivity index (χ1) is 9.57. The van der Waals surface area contributed by atoms with Gasteiger partial charge in [-0.2, -0.15) is 17.0 Å². The summed E-state index contributed by atoms with van der Waals surface area (Å²) in [6.45, 7) is 4.81. The van der Waals surface area contributed by atoms with E-state index in [0.717, 1.165) is 38.5 Å². The Balaban J connectivity index is 1.96. The van der Waals surface area contributed by atoms with Crippen molar-refractivity contribution in [1.82, 2.24) is 8.61 Å². The van der Waals surface area contributed by atoms with Crippen LogP contribution in [-0.4, -0.2) is 54.9 Å². The van der Waals surface area contributed by atoms with Crippen LogP contribution in [0.15, 0.2) is 0 Å². The van der Waals surface area contributed by atoms with Crippen LogP contribution in [-0.2, 0) is 10.2 Å². The van der Waals surface area contributed by atoms with Crippen LogP contribution in [0.2, 0.25) is 0 Å². The molecule has 2 fully saturated rings. The first kappa shape index (κ1) is 16.2. The second-order valence-electron chi connectivity index (χ2n) is 6.14. The predicted octanol–water partition coefficient (Wildman–Crippen LogP) is 1.45. The van der Waals surface area contributed by atoms with Crippen molar-refractivity contribution in [1.29, 1.82) is 0 Å². The number of hydrogen-bond donors (Lipinski definition) is 1. The molecule has 0 aromatic rings. The topological polar surface area (TPSA) is 60.9 Å². The zero-order valence-electron chi connectivity index (χ0n) is 12.5. The zero-order chi connectivity index (χ0) is 14.6. The monoisotopic (exact) mass is 304 g/mol. The normalized spacial score (nSPS) is 28.4. The molecule has 2 rings (SSSR count). The molecule has 20 heavy (non-hydrogen) atoms. The summed E-state index contributed by atoms with van der Waals surface area (Å²) in [5.41, 5.74) is 0. The second kappa shape index (κ2) is 7.20. The summed E-state index contributed by atoms with van der Waals surface area (Å²) in [5.74, 6) is 0.949. The van der Waals surface area contributed by atoms with Crippen molar-refractivity contribution >= 4 is 10.2 Å². The first-order valence-corrected chi connectivity index (χ1v) is 9.33. The Morgan fingerprint density at radius 3 is 2.05 bits per heavy atom. The highest BCUT2D eigenvalue weighted by Gasteiger charge is 2.33. The maximum atomic E-state index is 12.7. The highest BCUT2D eigenvalue weighted by Crippen LogP contribution is 2.25. The average Bonchev–Trinajstić information content (AvgIpc) is 2.73.